The molecule has 115 heavy (non-hydrogen) atoms. The molecule has 8 bridgehead atoms. The quantitative estimate of drug-likeness (QED) is 0.0376. The van der Waals surface area contributed by atoms with Crippen molar-refractivity contribution in [1.29, 1.82) is 0 Å². The molecule has 17 nitrogen and oxygen atoms in total. The summed E-state index contributed by atoms with van der Waals surface area (Å²) < 4.78 is 165. The van der Waals surface area contributed by atoms with Crippen molar-refractivity contribution in [2.45, 2.75) is 19.6 Å². The van der Waals surface area contributed by atoms with E-state index in [-0.39, 0.29) is 106 Å². The molecule has 12 aromatic carbocycles. The first-order chi connectivity index (χ1) is 55.1. The van der Waals surface area contributed by atoms with Crippen molar-refractivity contribution in [2.75, 3.05) is 0 Å². The van der Waals surface area contributed by atoms with Crippen molar-refractivity contribution in [2.24, 2.45) is 0 Å². The Kier molecular flexibility index (Phi) is 21.2. The van der Waals surface area contributed by atoms with Crippen molar-refractivity contribution >= 4 is 93.6 Å². The van der Waals surface area contributed by atoms with Crippen molar-refractivity contribution < 1.29 is 73.7 Å². The number of fused-ring (bicyclic) bond motifs is 8. The molecule has 0 saturated carbocycles. The number of hydrogen-bond acceptors (Lipinski definition) is 15. The summed E-state index contributed by atoms with van der Waals surface area (Å²) in [4.78, 5) is 28.5. The SMILES string of the molecule is O=S(=O)([O-])c1cc(-c2ccccc2)c(-c2c3nc(c(-c4c(-c5ccccc5)cc(S(=O)(=O)[O-])cc4-c4ccccc4)c4ccc([n-]4)c(-c4c(-c5ccccc5)cc(S(=O)(=O)[O-])cc4-c4ccccc4)c4nc(c(-c5c(-c6ccccc6)cc(S(=O)(=O)[O-])cc5-c5ccccc5)c5ccc2[n-]5)C=C4)C=C3)c(-c2ccccc2)c1.[CH-]=O.[Fe+3]. The average molecular weight is 1620 g/mol. The van der Waals surface area contributed by atoms with Gasteiger partial charge < -0.3 is 33.0 Å². The van der Waals surface area contributed by atoms with E-state index in [0.29, 0.717) is 89.0 Å². The van der Waals surface area contributed by atoms with E-state index in [1.165, 1.54) is 48.5 Å². The zero-order valence-corrected chi connectivity index (χ0v) is 64.4. The Morgan fingerprint density at radius 3 is 0.487 bits per heavy atom. The third-order valence-corrected chi connectivity index (χ3v) is 23.1. The molecule has 0 unspecified atom stereocenters. The molecule has 0 amide bonds. The summed E-state index contributed by atoms with van der Waals surface area (Å²) in [6.07, 6.45) is 7.07. The van der Waals surface area contributed by atoms with E-state index in [9.17, 15) is 51.9 Å². The minimum absolute atomic E-state index is 0. The molecule has 2 aliphatic rings. The summed E-state index contributed by atoms with van der Waals surface area (Å²) >= 11 is 0. The van der Waals surface area contributed by atoms with Gasteiger partial charge in [0.15, 0.2) is 0 Å². The van der Waals surface area contributed by atoms with E-state index in [1.54, 1.807) is 291 Å². The van der Waals surface area contributed by atoms with Crippen LogP contribution in [0.4, 0.5) is 0 Å². The Bertz CT molecular complexity index is 6000. The second kappa shape index (κ2) is 31.6. The van der Waals surface area contributed by atoms with Crippen LogP contribution >= 0.6 is 0 Å². The van der Waals surface area contributed by atoms with Crippen LogP contribution in [0.2, 0.25) is 0 Å². The normalized spacial score (nSPS) is 12.0. The van der Waals surface area contributed by atoms with E-state index in [4.69, 9.17) is 24.7 Å². The third kappa shape index (κ3) is 15.2. The van der Waals surface area contributed by atoms with Gasteiger partial charge in [0.2, 0.25) is 0 Å². The van der Waals surface area contributed by atoms with Crippen LogP contribution in [0, 0.1) is 0 Å². The molecule has 2 aliphatic heterocycles. The first kappa shape index (κ1) is 77.4. The minimum atomic E-state index is -5.22. The maximum absolute atomic E-state index is 13.7. The van der Waals surface area contributed by atoms with Crippen LogP contribution in [-0.4, -0.2) is 68.6 Å². The van der Waals surface area contributed by atoms with Crippen LogP contribution in [0.15, 0.2) is 335 Å². The fourth-order valence-electron chi connectivity index (χ4n) is 15.0. The Morgan fingerprint density at radius 1 is 0.217 bits per heavy atom. The fourth-order valence-corrected chi connectivity index (χ4v) is 17.1. The number of hydrogen-bond donors (Lipinski definition) is 0. The van der Waals surface area contributed by atoms with Gasteiger partial charge in [0.25, 0.3) is 0 Å². The Balaban J connectivity index is 0.00000344. The molecule has 0 aliphatic carbocycles. The largest absolute Gasteiger partial charge is 3.00 e. The summed E-state index contributed by atoms with van der Waals surface area (Å²) in [5.74, 6) is 0. The van der Waals surface area contributed by atoms with Crippen molar-refractivity contribution in [3.05, 3.63) is 338 Å². The Morgan fingerprint density at radius 2 is 0.357 bits per heavy atom. The van der Waals surface area contributed by atoms with Crippen molar-refractivity contribution in [3.8, 4) is 134 Å². The van der Waals surface area contributed by atoms with Gasteiger partial charge in [-0.05, 0) is 206 Å². The van der Waals surface area contributed by atoms with E-state index < -0.39 is 60.1 Å². The van der Waals surface area contributed by atoms with E-state index in [0.717, 1.165) is 0 Å². The number of aromatic nitrogens is 4. The molecule has 563 valence electrons. The van der Waals surface area contributed by atoms with Crippen LogP contribution in [0.5, 0.6) is 0 Å². The number of nitrogens with zero attached hydrogens (tertiary/aromatic N) is 4. The Labute approximate surface area is 673 Å². The number of benzene rings is 12. The molecule has 5 heterocycles. The zero-order valence-electron chi connectivity index (χ0n) is 60.0. The van der Waals surface area contributed by atoms with Gasteiger partial charge in [0.1, 0.15) is 40.5 Å². The van der Waals surface area contributed by atoms with Crippen LogP contribution in [0.3, 0.4) is 0 Å². The van der Waals surface area contributed by atoms with Gasteiger partial charge in [-0.25, -0.2) is 43.6 Å². The van der Waals surface area contributed by atoms with Crippen molar-refractivity contribution in [1.82, 2.24) is 19.9 Å². The molecular weight excluding hydrogens is 1570 g/mol. The third-order valence-electron chi connectivity index (χ3n) is 19.9. The van der Waals surface area contributed by atoms with E-state index in [2.05, 4.69) is 6.79 Å². The van der Waals surface area contributed by atoms with Gasteiger partial charge in [-0.15, -0.1) is 22.1 Å². The molecule has 3 aromatic heterocycles. The van der Waals surface area contributed by atoms with Gasteiger partial charge in [-0.3, -0.25) is 6.79 Å². The summed E-state index contributed by atoms with van der Waals surface area (Å²) in [6, 6.07) is 89.2. The second-order valence-corrected chi connectivity index (χ2v) is 32.2. The molecule has 0 saturated heterocycles. The van der Waals surface area contributed by atoms with Gasteiger partial charge in [0.05, 0.1) is 42.4 Å². The van der Waals surface area contributed by atoms with E-state index in [1.807, 2.05) is 0 Å². The monoisotopic (exact) mass is 1620 g/mol. The molecule has 0 atom stereocenters. The number of rotatable bonds is 16. The smallest absolute Gasteiger partial charge is 0.744 e. The maximum Gasteiger partial charge on any atom is 3.00 e. The number of carbonyl (C=O) groups excluding carboxylic acids is 1. The van der Waals surface area contributed by atoms with Gasteiger partial charge >= 0.3 is 17.1 Å². The molecule has 0 N–H and O–H groups in total. The first-order valence-corrected chi connectivity index (χ1v) is 41.0. The van der Waals surface area contributed by atoms with Gasteiger partial charge in [-0.1, -0.05) is 267 Å². The van der Waals surface area contributed by atoms with Gasteiger partial charge in [0, 0.05) is 0 Å². The Hall–Kier alpha value is -12.9. The van der Waals surface area contributed by atoms with Crippen LogP contribution in [0.1, 0.15) is 22.8 Å². The molecule has 0 spiro atoms. The molecule has 15 aromatic rings. The first-order valence-electron chi connectivity index (χ1n) is 35.4. The fraction of sp³-hybridized carbons (Fsp3) is 0. The predicted molar refractivity (Wildman–Crippen MR) is 441 cm³/mol. The van der Waals surface area contributed by atoms with E-state index >= 15 is 0 Å². The standard InChI is InChI=1S/C92H60N4O12S4.CHO.Fe/c97-109(98,99)65-49-69(57-25-9-1-10-26-57)85(70(50-65)58-27-11-2-12-28-58)89-77-41-43-79(93-77)90(86-71(59-29-13-3-14-30-59)51-66(110(100,101)102)52-72(86)60-31-15-4-16-32-60)81-45-47-83(95-81)92(88-75(63-37-21-7-22-38-63)55-68(112(106,107)108)56-76(88)64-39-23-8-24-40-64)84-48-46-82(96-84)91(80-44-42-78(89)94-80)87-73(61-33-17-5-18-34-61)53-67(111(103,104)105)54-74(87)62-35-19-6-20-36-62;1-2;/h1-56H,(H,97,98,99)(H,100,101,102)(H,103,104,105)(H,106,107,108);1H;/q-2;-1;+3/p-4. The topological polar surface area (TPSA) is 300 Å². The molecule has 22 heteroatoms. The van der Waals surface area contributed by atoms with Crippen LogP contribution in [0.25, 0.3) is 180 Å². The second-order valence-electron chi connectivity index (χ2n) is 26.7. The molecule has 17 rings (SSSR count). The average Bonchev–Trinajstić information content (AvgIpc) is 1.68. The summed E-state index contributed by atoms with van der Waals surface area (Å²) in [6.45, 7) is 3.25. The van der Waals surface area contributed by atoms with Crippen molar-refractivity contribution in [3.63, 3.8) is 0 Å². The molecular formula is C93H57FeN4O13S4-4. The van der Waals surface area contributed by atoms with Crippen LogP contribution in [-0.2, 0) is 62.3 Å². The molecule has 0 fully saturated rings. The predicted octanol–water partition coefficient (Wildman–Crippen LogP) is 19.3. The maximum atomic E-state index is 13.7. The summed E-state index contributed by atoms with van der Waals surface area (Å²) in [5, 5.41) is 0. The zero-order chi connectivity index (χ0) is 79.2. The van der Waals surface area contributed by atoms with Crippen LogP contribution < -0.4 is 9.97 Å². The summed E-state index contributed by atoms with van der Waals surface area (Å²) in [5.41, 5.74) is 10.6. The van der Waals surface area contributed by atoms with Gasteiger partial charge in [-0.2, -0.15) is 0 Å². The minimum Gasteiger partial charge on any atom is -0.744 e. The summed E-state index contributed by atoms with van der Waals surface area (Å²) in [7, 11) is -20.9. The molecule has 1 radical (unpaired) electrons.